The SMILES string of the molecule is CCNC(=NCC1(C2CC2)CC1)N1CCN(c2ncccn2)CC1.I. The van der Waals surface area contributed by atoms with Gasteiger partial charge < -0.3 is 15.1 Å². The van der Waals surface area contributed by atoms with Gasteiger partial charge in [-0.05, 0) is 50.0 Å². The van der Waals surface area contributed by atoms with Crippen LogP contribution in [-0.2, 0) is 0 Å². The van der Waals surface area contributed by atoms with Crippen molar-refractivity contribution in [3.05, 3.63) is 18.5 Å². The molecule has 0 amide bonds. The van der Waals surface area contributed by atoms with Crippen molar-refractivity contribution in [3.63, 3.8) is 0 Å². The molecule has 2 heterocycles. The van der Waals surface area contributed by atoms with Crippen LogP contribution in [0.15, 0.2) is 23.5 Å². The highest BCUT2D eigenvalue weighted by Gasteiger charge is 2.53. The van der Waals surface area contributed by atoms with Crippen molar-refractivity contribution in [1.29, 1.82) is 0 Å². The van der Waals surface area contributed by atoms with Crippen molar-refractivity contribution < 1.29 is 0 Å². The fraction of sp³-hybridized carbons (Fsp3) is 0.722. The number of piperazine rings is 1. The molecule has 25 heavy (non-hydrogen) atoms. The lowest BCUT2D eigenvalue weighted by Crippen LogP contribution is -2.53. The first-order chi connectivity index (χ1) is 11.8. The highest BCUT2D eigenvalue weighted by Crippen LogP contribution is 2.61. The Morgan fingerprint density at radius 2 is 1.88 bits per heavy atom. The normalized spacial score (nSPS) is 22.4. The minimum Gasteiger partial charge on any atom is -0.357 e. The molecule has 1 aliphatic heterocycles. The summed E-state index contributed by atoms with van der Waals surface area (Å²) in [5, 5.41) is 3.49. The van der Waals surface area contributed by atoms with Gasteiger partial charge in [0.25, 0.3) is 0 Å². The van der Waals surface area contributed by atoms with Gasteiger partial charge in [-0.1, -0.05) is 0 Å². The number of hydrogen-bond donors (Lipinski definition) is 1. The summed E-state index contributed by atoms with van der Waals surface area (Å²) in [6.45, 7) is 7.93. The minimum absolute atomic E-state index is 0. The van der Waals surface area contributed by atoms with E-state index in [1.165, 1.54) is 25.7 Å². The average Bonchev–Trinajstić information content (AvgIpc) is 3.53. The predicted molar refractivity (Wildman–Crippen MR) is 112 cm³/mol. The van der Waals surface area contributed by atoms with E-state index in [-0.39, 0.29) is 24.0 Å². The van der Waals surface area contributed by atoms with Crippen molar-refractivity contribution in [2.75, 3.05) is 44.2 Å². The van der Waals surface area contributed by atoms with Gasteiger partial charge in [0.2, 0.25) is 5.95 Å². The fourth-order valence-corrected chi connectivity index (χ4v) is 3.78. The number of nitrogens with zero attached hydrogens (tertiary/aromatic N) is 5. The third-order valence-electron chi connectivity index (χ3n) is 5.63. The maximum Gasteiger partial charge on any atom is 0.225 e. The molecule has 138 valence electrons. The van der Waals surface area contributed by atoms with Crippen LogP contribution in [0.1, 0.15) is 32.6 Å². The maximum atomic E-state index is 5.01. The molecule has 4 rings (SSSR count). The zero-order valence-electron chi connectivity index (χ0n) is 15.0. The number of aromatic nitrogens is 2. The molecule has 1 saturated heterocycles. The third-order valence-corrected chi connectivity index (χ3v) is 5.63. The smallest absolute Gasteiger partial charge is 0.225 e. The summed E-state index contributed by atoms with van der Waals surface area (Å²) in [6, 6.07) is 1.86. The summed E-state index contributed by atoms with van der Waals surface area (Å²) in [5.74, 6) is 2.90. The van der Waals surface area contributed by atoms with Gasteiger partial charge in [0.1, 0.15) is 0 Å². The topological polar surface area (TPSA) is 56.7 Å². The molecule has 0 spiro atoms. The summed E-state index contributed by atoms with van der Waals surface area (Å²) in [4.78, 5) is 18.4. The number of halogens is 1. The lowest BCUT2D eigenvalue weighted by atomic mass is 10.0. The molecule has 0 bridgehead atoms. The number of aliphatic imine (C=N–C) groups is 1. The lowest BCUT2D eigenvalue weighted by molar-refractivity contribution is 0.365. The minimum atomic E-state index is 0. The zero-order valence-corrected chi connectivity index (χ0v) is 17.4. The van der Waals surface area contributed by atoms with Crippen LogP contribution < -0.4 is 10.2 Å². The van der Waals surface area contributed by atoms with Crippen LogP contribution in [0, 0.1) is 11.3 Å². The van der Waals surface area contributed by atoms with Crippen LogP contribution in [0.2, 0.25) is 0 Å². The van der Waals surface area contributed by atoms with E-state index in [1.54, 1.807) is 0 Å². The molecule has 0 atom stereocenters. The Hall–Kier alpha value is -1.12. The summed E-state index contributed by atoms with van der Waals surface area (Å²) >= 11 is 0. The molecule has 1 aromatic heterocycles. The Kier molecular flexibility index (Phi) is 6.01. The molecule has 3 aliphatic rings. The first-order valence-corrected chi connectivity index (χ1v) is 9.36. The van der Waals surface area contributed by atoms with E-state index in [1.807, 2.05) is 18.5 Å². The molecule has 7 heteroatoms. The van der Waals surface area contributed by atoms with Crippen molar-refractivity contribution in [2.45, 2.75) is 32.6 Å². The van der Waals surface area contributed by atoms with Gasteiger partial charge >= 0.3 is 0 Å². The number of hydrogen-bond acceptors (Lipinski definition) is 4. The molecular weight excluding hydrogens is 427 g/mol. The first kappa shape index (κ1) is 18.7. The average molecular weight is 456 g/mol. The number of nitrogens with one attached hydrogen (secondary N) is 1. The van der Waals surface area contributed by atoms with E-state index in [0.717, 1.165) is 57.1 Å². The molecule has 1 N–H and O–H groups in total. The molecule has 6 nitrogen and oxygen atoms in total. The van der Waals surface area contributed by atoms with Crippen LogP contribution in [0.4, 0.5) is 5.95 Å². The van der Waals surface area contributed by atoms with E-state index in [9.17, 15) is 0 Å². The molecule has 0 unspecified atom stereocenters. The summed E-state index contributed by atoms with van der Waals surface area (Å²) in [7, 11) is 0. The number of guanidine groups is 1. The molecule has 2 saturated carbocycles. The Morgan fingerprint density at radius 1 is 1.20 bits per heavy atom. The molecule has 2 aliphatic carbocycles. The van der Waals surface area contributed by atoms with Crippen LogP contribution in [0.3, 0.4) is 0 Å². The van der Waals surface area contributed by atoms with Gasteiger partial charge in [-0.25, -0.2) is 9.97 Å². The largest absolute Gasteiger partial charge is 0.357 e. The summed E-state index contributed by atoms with van der Waals surface area (Å²) in [5.41, 5.74) is 0.570. The van der Waals surface area contributed by atoms with Crippen molar-refractivity contribution in [1.82, 2.24) is 20.2 Å². The van der Waals surface area contributed by atoms with E-state index < -0.39 is 0 Å². The van der Waals surface area contributed by atoms with Crippen molar-refractivity contribution >= 4 is 35.9 Å². The van der Waals surface area contributed by atoms with E-state index in [0.29, 0.717) is 5.41 Å². The van der Waals surface area contributed by atoms with E-state index in [4.69, 9.17) is 4.99 Å². The number of anilines is 1. The standard InChI is InChI=1S/C18H28N6.HI/c1-2-19-16(22-14-18(6-7-18)15-4-5-15)23-10-12-24(13-11-23)17-20-8-3-9-21-17;/h3,8-9,15H,2,4-7,10-14H2,1H3,(H,19,22);1H. The second-order valence-electron chi connectivity index (χ2n) is 7.33. The molecule has 1 aromatic rings. The Balaban J connectivity index is 0.00000182. The summed E-state index contributed by atoms with van der Waals surface area (Å²) < 4.78 is 0. The molecule has 3 fully saturated rings. The molecular formula is C18H29IN6. The van der Waals surface area contributed by atoms with E-state index >= 15 is 0 Å². The van der Waals surface area contributed by atoms with Gasteiger partial charge in [0.05, 0.1) is 0 Å². The highest BCUT2D eigenvalue weighted by molar-refractivity contribution is 14.0. The van der Waals surface area contributed by atoms with Crippen LogP contribution >= 0.6 is 24.0 Å². The number of rotatable bonds is 5. The van der Waals surface area contributed by atoms with Gasteiger partial charge in [0, 0.05) is 51.7 Å². The lowest BCUT2D eigenvalue weighted by Gasteiger charge is -2.36. The third kappa shape index (κ3) is 4.35. The maximum absolute atomic E-state index is 5.01. The zero-order chi connectivity index (χ0) is 16.4. The molecule has 0 radical (unpaired) electrons. The van der Waals surface area contributed by atoms with Crippen LogP contribution in [0.25, 0.3) is 0 Å². The quantitative estimate of drug-likeness (QED) is 0.419. The Morgan fingerprint density at radius 3 is 2.44 bits per heavy atom. The Labute approximate surface area is 167 Å². The second kappa shape index (κ2) is 8.05. The van der Waals surface area contributed by atoms with Gasteiger partial charge in [-0.3, -0.25) is 4.99 Å². The first-order valence-electron chi connectivity index (χ1n) is 9.36. The summed E-state index contributed by atoms with van der Waals surface area (Å²) in [6.07, 6.45) is 9.27. The highest BCUT2D eigenvalue weighted by atomic mass is 127. The second-order valence-corrected chi connectivity index (χ2v) is 7.33. The van der Waals surface area contributed by atoms with Crippen LogP contribution in [0.5, 0.6) is 0 Å². The van der Waals surface area contributed by atoms with Gasteiger partial charge in [-0.2, -0.15) is 0 Å². The fourth-order valence-electron chi connectivity index (χ4n) is 3.78. The van der Waals surface area contributed by atoms with E-state index in [2.05, 4.69) is 32.0 Å². The Bertz CT molecular complexity index is 576. The predicted octanol–water partition coefficient (Wildman–Crippen LogP) is 2.37. The monoisotopic (exact) mass is 456 g/mol. The van der Waals surface area contributed by atoms with Crippen molar-refractivity contribution in [2.24, 2.45) is 16.3 Å². The van der Waals surface area contributed by atoms with Crippen LogP contribution in [-0.4, -0.2) is 60.1 Å². The van der Waals surface area contributed by atoms with Crippen molar-refractivity contribution in [3.8, 4) is 0 Å². The van der Waals surface area contributed by atoms with Gasteiger partial charge in [-0.15, -0.1) is 24.0 Å². The molecule has 0 aromatic carbocycles. The van der Waals surface area contributed by atoms with Gasteiger partial charge in [0.15, 0.2) is 5.96 Å².